The van der Waals surface area contributed by atoms with Gasteiger partial charge in [0, 0.05) is 12.8 Å². The zero-order chi connectivity index (χ0) is 47.1. The van der Waals surface area contributed by atoms with Crippen molar-refractivity contribution in [2.24, 2.45) is 0 Å². The van der Waals surface area contributed by atoms with Crippen molar-refractivity contribution < 1.29 is 42.1 Å². The summed E-state index contributed by atoms with van der Waals surface area (Å²) in [4.78, 5) is 37.7. The van der Waals surface area contributed by atoms with Crippen molar-refractivity contribution in [1.82, 2.24) is 0 Å². The summed E-state index contributed by atoms with van der Waals surface area (Å²) in [5, 5.41) is 0. The standard InChI is InChI=1S/C54H94NO8P/c1-6-8-10-12-14-16-18-20-22-23-24-25-26-27-28-29-30-31-33-35-37-39-41-43-45-47-54(57)63-52(51-62-64(58,59)61-49-48-55(3,4)5)50-60-53(56)46-44-42-40-38-36-34-32-21-19-17-15-13-11-9-7-2/h8-11,14-17,20-22,24-25,32,52H,6-7,12-13,18-19,23,26-31,33-51H2,1-5H3/b10-8-,11-9-,16-14-,17-15-,22-20-,25-24-,32-21-. The van der Waals surface area contributed by atoms with Crippen molar-refractivity contribution in [1.29, 1.82) is 0 Å². The number of allylic oxidation sites excluding steroid dienone is 14. The van der Waals surface area contributed by atoms with Gasteiger partial charge in [-0.2, -0.15) is 0 Å². The van der Waals surface area contributed by atoms with Gasteiger partial charge in [-0.05, 0) is 83.5 Å². The van der Waals surface area contributed by atoms with Crippen molar-refractivity contribution in [3.05, 3.63) is 85.1 Å². The third-order valence-electron chi connectivity index (χ3n) is 10.4. The second kappa shape index (κ2) is 45.4. The summed E-state index contributed by atoms with van der Waals surface area (Å²) in [7, 11) is 1.14. The highest BCUT2D eigenvalue weighted by molar-refractivity contribution is 7.45. The average molecular weight is 916 g/mol. The minimum atomic E-state index is -4.64. The molecule has 0 aliphatic heterocycles. The van der Waals surface area contributed by atoms with Crippen molar-refractivity contribution in [2.45, 2.75) is 200 Å². The van der Waals surface area contributed by atoms with E-state index < -0.39 is 32.5 Å². The first-order valence-corrected chi connectivity index (χ1v) is 26.8. The Bertz CT molecular complexity index is 1360. The van der Waals surface area contributed by atoms with Gasteiger partial charge in [-0.3, -0.25) is 14.2 Å². The highest BCUT2D eigenvalue weighted by Crippen LogP contribution is 2.38. The van der Waals surface area contributed by atoms with Crippen molar-refractivity contribution >= 4 is 19.8 Å². The van der Waals surface area contributed by atoms with E-state index in [0.29, 0.717) is 23.9 Å². The van der Waals surface area contributed by atoms with E-state index >= 15 is 0 Å². The average Bonchev–Trinajstić information content (AvgIpc) is 3.25. The molecule has 0 aromatic rings. The Morgan fingerprint density at radius 3 is 1.25 bits per heavy atom. The lowest BCUT2D eigenvalue weighted by Gasteiger charge is -2.28. The Morgan fingerprint density at radius 1 is 0.484 bits per heavy atom. The van der Waals surface area contributed by atoms with Crippen LogP contribution < -0.4 is 4.89 Å². The molecule has 0 aromatic heterocycles. The molecule has 0 aliphatic rings. The van der Waals surface area contributed by atoms with E-state index in [9.17, 15) is 19.0 Å². The molecule has 0 radical (unpaired) electrons. The Morgan fingerprint density at radius 2 is 0.844 bits per heavy atom. The smallest absolute Gasteiger partial charge is 0.306 e. The number of carbonyl (C=O) groups is 2. The van der Waals surface area contributed by atoms with E-state index in [1.807, 2.05) is 21.1 Å². The molecular weight excluding hydrogens is 822 g/mol. The van der Waals surface area contributed by atoms with Crippen LogP contribution in [-0.2, 0) is 32.7 Å². The summed E-state index contributed by atoms with van der Waals surface area (Å²) in [6.07, 6.45) is 59.0. The number of hydrogen-bond donors (Lipinski definition) is 0. The SMILES string of the molecule is CC/C=C\C/C=C\C/C=C\C/C=C\CCCCCCCCCCCCCCC(=O)OC(COC(=O)CCCCCCC/C=C\C/C=C\C/C=C\CC)COP(=O)([O-])OCC[N+](C)(C)C. The van der Waals surface area contributed by atoms with Crippen molar-refractivity contribution in [3.63, 3.8) is 0 Å². The van der Waals surface area contributed by atoms with Gasteiger partial charge >= 0.3 is 11.9 Å². The van der Waals surface area contributed by atoms with Crippen LogP contribution in [0.3, 0.4) is 0 Å². The van der Waals surface area contributed by atoms with Gasteiger partial charge in [-0.1, -0.05) is 182 Å². The van der Waals surface area contributed by atoms with Gasteiger partial charge in [0.05, 0.1) is 27.7 Å². The first-order chi connectivity index (χ1) is 31.0. The van der Waals surface area contributed by atoms with Gasteiger partial charge in [0.2, 0.25) is 0 Å². The van der Waals surface area contributed by atoms with E-state index in [-0.39, 0.29) is 26.1 Å². The Balaban J connectivity index is 4.24. The molecule has 64 heavy (non-hydrogen) atoms. The summed E-state index contributed by atoms with van der Waals surface area (Å²) >= 11 is 0. The van der Waals surface area contributed by atoms with Crippen molar-refractivity contribution in [2.75, 3.05) is 47.5 Å². The number of likely N-dealkylation sites (N-methyl/N-ethyl adjacent to an activating group) is 1. The predicted octanol–water partition coefficient (Wildman–Crippen LogP) is 14.5. The van der Waals surface area contributed by atoms with E-state index in [1.54, 1.807) is 0 Å². The zero-order valence-electron chi connectivity index (χ0n) is 41.4. The van der Waals surface area contributed by atoms with E-state index in [4.69, 9.17) is 18.5 Å². The zero-order valence-corrected chi connectivity index (χ0v) is 42.3. The molecule has 0 spiro atoms. The number of nitrogens with zero attached hydrogens (tertiary/aromatic N) is 1. The Kier molecular flexibility index (Phi) is 43.4. The van der Waals surface area contributed by atoms with E-state index in [1.165, 1.54) is 57.8 Å². The molecule has 0 amide bonds. The Hall–Kier alpha value is -2.81. The van der Waals surface area contributed by atoms with Crippen LogP contribution in [-0.4, -0.2) is 70.0 Å². The molecule has 0 fully saturated rings. The number of ether oxygens (including phenoxy) is 2. The van der Waals surface area contributed by atoms with Crippen LogP contribution >= 0.6 is 7.82 Å². The van der Waals surface area contributed by atoms with E-state index in [2.05, 4.69) is 98.9 Å². The molecule has 10 heteroatoms. The third-order valence-corrected chi connectivity index (χ3v) is 11.4. The number of carbonyl (C=O) groups excluding carboxylic acids is 2. The number of quaternary nitrogens is 1. The summed E-state index contributed by atoms with van der Waals surface area (Å²) < 4.78 is 34.0. The molecule has 0 bridgehead atoms. The lowest BCUT2D eigenvalue weighted by Crippen LogP contribution is -2.37. The first-order valence-electron chi connectivity index (χ1n) is 25.3. The van der Waals surface area contributed by atoms with E-state index in [0.717, 1.165) is 96.3 Å². The molecule has 0 heterocycles. The number of hydrogen-bond acceptors (Lipinski definition) is 8. The molecule has 0 rings (SSSR count). The maximum Gasteiger partial charge on any atom is 0.306 e. The largest absolute Gasteiger partial charge is 0.756 e. The van der Waals surface area contributed by atoms with Crippen LogP contribution in [0.15, 0.2) is 85.1 Å². The molecule has 0 saturated heterocycles. The van der Waals surface area contributed by atoms with Crippen LogP contribution in [0.25, 0.3) is 0 Å². The number of esters is 2. The van der Waals surface area contributed by atoms with Gasteiger partial charge in [0.15, 0.2) is 6.10 Å². The minimum absolute atomic E-state index is 0.0380. The number of rotatable bonds is 45. The second-order valence-corrected chi connectivity index (χ2v) is 19.2. The first kappa shape index (κ1) is 61.2. The van der Waals surface area contributed by atoms with Crippen LogP contribution in [0.4, 0.5) is 0 Å². The fourth-order valence-electron chi connectivity index (χ4n) is 6.54. The molecule has 0 aliphatic carbocycles. The number of phosphoric acid groups is 1. The Labute approximate surface area is 392 Å². The fraction of sp³-hybridized carbons (Fsp3) is 0.704. The van der Waals surface area contributed by atoms with Crippen LogP contribution in [0.5, 0.6) is 0 Å². The number of phosphoric ester groups is 1. The van der Waals surface area contributed by atoms with Crippen LogP contribution in [0, 0.1) is 0 Å². The van der Waals surface area contributed by atoms with Gasteiger partial charge in [-0.15, -0.1) is 0 Å². The molecule has 9 nitrogen and oxygen atoms in total. The van der Waals surface area contributed by atoms with Crippen molar-refractivity contribution in [3.8, 4) is 0 Å². The highest BCUT2D eigenvalue weighted by atomic mass is 31.2. The maximum atomic E-state index is 12.7. The van der Waals surface area contributed by atoms with Crippen LogP contribution in [0.1, 0.15) is 194 Å². The minimum Gasteiger partial charge on any atom is -0.756 e. The third kappa shape index (κ3) is 48.6. The second-order valence-electron chi connectivity index (χ2n) is 17.8. The molecule has 368 valence electrons. The summed E-state index contributed by atoms with van der Waals surface area (Å²) in [6, 6.07) is 0. The summed E-state index contributed by atoms with van der Waals surface area (Å²) in [5.41, 5.74) is 0. The lowest BCUT2D eigenvalue weighted by molar-refractivity contribution is -0.870. The highest BCUT2D eigenvalue weighted by Gasteiger charge is 2.21. The topological polar surface area (TPSA) is 111 Å². The molecule has 2 unspecified atom stereocenters. The van der Waals surface area contributed by atoms with Gasteiger partial charge < -0.3 is 27.9 Å². The van der Waals surface area contributed by atoms with Gasteiger partial charge in [0.1, 0.15) is 19.8 Å². The maximum absolute atomic E-state index is 12.7. The molecular formula is C54H94NO8P. The monoisotopic (exact) mass is 916 g/mol. The quantitative estimate of drug-likeness (QED) is 0.0195. The summed E-state index contributed by atoms with van der Waals surface area (Å²) in [6.45, 7) is 3.98. The number of unbranched alkanes of at least 4 members (excludes halogenated alkanes) is 17. The fourth-order valence-corrected chi connectivity index (χ4v) is 7.27. The lowest BCUT2D eigenvalue weighted by atomic mass is 10.0. The van der Waals surface area contributed by atoms with Gasteiger partial charge in [0.25, 0.3) is 7.82 Å². The molecule has 0 N–H and O–H groups in total. The normalized spacial score (nSPS) is 14.2. The molecule has 0 aromatic carbocycles. The van der Waals surface area contributed by atoms with Gasteiger partial charge in [-0.25, -0.2) is 0 Å². The summed E-state index contributed by atoms with van der Waals surface area (Å²) in [5.74, 6) is -0.860. The predicted molar refractivity (Wildman–Crippen MR) is 268 cm³/mol. The molecule has 0 saturated carbocycles. The molecule has 2 atom stereocenters. The van der Waals surface area contributed by atoms with Crippen LogP contribution in [0.2, 0.25) is 0 Å².